The maximum atomic E-state index is 13.0. The molecule has 2 heterocycles. The molecule has 0 bridgehead atoms. The number of furan rings is 1. The summed E-state index contributed by atoms with van der Waals surface area (Å²) in [5, 5.41) is 13.1. The first-order valence-electron chi connectivity index (χ1n) is 9.38. The Morgan fingerprint density at radius 3 is 2.61 bits per heavy atom. The largest absolute Gasteiger partial charge is 0.496 e. The lowest BCUT2D eigenvalue weighted by Crippen LogP contribution is -2.54. The summed E-state index contributed by atoms with van der Waals surface area (Å²) in [4.78, 5) is 48.9. The van der Waals surface area contributed by atoms with Crippen LogP contribution in [0.2, 0.25) is 0 Å². The number of barbiturate groups is 1. The molecule has 0 unspecified atom stereocenters. The molecule has 0 spiro atoms. The van der Waals surface area contributed by atoms with Gasteiger partial charge in [-0.3, -0.25) is 25.0 Å². The number of non-ortho nitro benzene ring substituents is 1. The summed E-state index contributed by atoms with van der Waals surface area (Å²) in [6.45, 7) is 0. The van der Waals surface area contributed by atoms with Crippen molar-refractivity contribution in [2.75, 3.05) is 12.0 Å². The van der Waals surface area contributed by atoms with Gasteiger partial charge in [-0.1, -0.05) is 22.0 Å². The van der Waals surface area contributed by atoms with E-state index in [4.69, 9.17) is 9.15 Å². The third kappa shape index (κ3) is 4.26. The Balaban J connectivity index is 1.68. The van der Waals surface area contributed by atoms with Gasteiger partial charge in [-0.25, -0.2) is 9.69 Å². The lowest BCUT2D eigenvalue weighted by Gasteiger charge is -2.26. The van der Waals surface area contributed by atoms with Crippen LogP contribution in [0.15, 0.2) is 69.1 Å². The number of nitrogens with one attached hydrogen (secondary N) is 1. The smallest absolute Gasteiger partial charge is 0.335 e. The van der Waals surface area contributed by atoms with Gasteiger partial charge in [0.2, 0.25) is 0 Å². The summed E-state index contributed by atoms with van der Waals surface area (Å²) in [6.07, 6.45) is 1.22. The molecular formula is C22H14BrN3O7. The van der Waals surface area contributed by atoms with Crippen LogP contribution >= 0.6 is 15.9 Å². The van der Waals surface area contributed by atoms with E-state index < -0.39 is 22.8 Å². The molecule has 1 N–H and O–H groups in total. The Hall–Kier alpha value is -4.25. The number of methoxy groups -OCH3 is 1. The summed E-state index contributed by atoms with van der Waals surface area (Å²) in [5.41, 5.74) is 0.275. The molecule has 1 fully saturated rings. The predicted molar refractivity (Wildman–Crippen MR) is 120 cm³/mol. The van der Waals surface area contributed by atoms with E-state index in [0.717, 1.165) is 4.90 Å². The number of hydrogen-bond acceptors (Lipinski definition) is 7. The highest BCUT2D eigenvalue weighted by molar-refractivity contribution is 9.10. The van der Waals surface area contributed by atoms with E-state index in [1.165, 1.54) is 37.5 Å². The van der Waals surface area contributed by atoms with Crippen LogP contribution < -0.4 is 15.0 Å². The van der Waals surface area contributed by atoms with Gasteiger partial charge in [-0.05, 0) is 42.5 Å². The van der Waals surface area contributed by atoms with Crippen LogP contribution in [0, 0.1) is 10.1 Å². The molecule has 1 aliphatic rings. The minimum atomic E-state index is -0.865. The maximum Gasteiger partial charge on any atom is 0.335 e. The van der Waals surface area contributed by atoms with E-state index in [9.17, 15) is 24.5 Å². The van der Waals surface area contributed by atoms with Crippen molar-refractivity contribution < 1.29 is 28.5 Å². The first-order valence-corrected chi connectivity index (χ1v) is 10.2. The van der Waals surface area contributed by atoms with Gasteiger partial charge < -0.3 is 9.15 Å². The fourth-order valence-corrected chi connectivity index (χ4v) is 3.61. The number of amides is 4. The third-order valence-corrected chi connectivity index (χ3v) is 5.24. The molecule has 3 aromatic rings. The van der Waals surface area contributed by atoms with Gasteiger partial charge in [0.25, 0.3) is 17.5 Å². The lowest BCUT2D eigenvalue weighted by atomic mass is 10.1. The molecule has 0 aliphatic carbocycles. The number of halogens is 1. The van der Waals surface area contributed by atoms with Crippen LogP contribution in [0.5, 0.6) is 5.75 Å². The van der Waals surface area contributed by atoms with Crippen LogP contribution in [-0.4, -0.2) is 29.9 Å². The topological polar surface area (TPSA) is 132 Å². The standard InChI is InChI=1S/C22H14BrN3O7/c1-32-19-10-14(26(30)31)5-7-16(19)18-8-6-15(33-18)11-17-20(27)24-22(29)25(21(17)28)13-4-2-3-12(23)9-13/h2-11H,1H3,(H,24,27,29)/b17-11+. The number of imide groups is 2. The first kappa shape index (κ1) is 22.0. The number of rotatable bonds is 5. The fraction of sp³-hybridized carbons (Fsp3) is 0.0455. The zero-order chi connectivity index (χ0) is 23.7. The van der Waals surface area contributed by atoms with Gasteiger partial charge in [0.05, 0.1) is 29.4 Å². The Labute approximate surface area is 194 Å². The average Bonchev–Trinajstić information content (AvgIpc) is 3.24. The third-order valence-electron chi connectivity index (χ3n) is 4.74. The molecule has 10 nitrogen and oxygen atoms in total. The minimum absolute atomic E-state index is 0.147. The number of benzene rings is 2. The van der Waals surface area contributed by atoms with Gasteiger partial charge in [0.1, 0.15) is 22.8 Å². The number of nitrogens with zero attached hydrogens (tertiary/aromatic N) is 2. The number of nitro groups is 1. The average molecular weight is 512 g/mol. The summed E-state index contributed by atoms with van der Waals surface area (Å²) in [5.74, 6) is -0.991. The Morgan fingerprint density at radius 2 is 1.91 bits per heavy atom. The summed E-state index contributed by atoms with van der Waals surface area (Å²) >= 11 is 3.28. The molecule has 166 valence electrons. The fourth-order valence-electron chi connectivity index (χ4n) is 3.22. The molecule has 1 aliphatic heterocycles. The van der Waals surface area contributed by atoms with Crippen LogP contribution in [0.3, 0.4) is 0 Å². The Morgan fingerprint density at radius 1 is 1.12 bits per heavy atom. The molecule has 4 rings (SSSR count). The lowest BCUT2D eigenvalue weighted by molar-refractivity contribution is -0.384. The number of urea groups is 1. The highest BCUT2D eigenvalue weighted by Crippen LogP contribution is 2.35. The van der Waals surface area contributed by atoms with Crippen LogP contribution in [0.25, 0.3) is 17.4 Å². The second-order valence-corrected chi connectivity index (χ2v) is 7.70. The highest BCUT2D eigenvalue weighted by Gasteiger charge is 2.37. The van der Waals surface area contributed by atoms with E-state index in [2.05, 4.69) is 21.2 Å². The van der Waals surface area contributed by atoms with Crippen molar-refractivity contribution in [2.45, 2.75) is 0 Å². The van der Waals surface area contributed by atoms with E-state index in [0.29, 0.717) is 15.8 Å². The van der Waals surface area contributed by atoms with E-state index in [1.807, 2.05) is 0 Å². The van der Waals surface area contributed by atoms with Crippen molar-refractivity contribution in [3.8, 4) is 17.1 Å². The normalized spacial score (nSPS) is 15.0. The van der Waals surface area contributed by atoms with Gasteiger partial charge in [-0.15, -0.1) is 0 Å². The van der Waals surface area contributed by atoms with Crippen LogP contribution in [0.4, 0.5) is 16.2 Å². The number of anilines is 1. The molecule has 1 saturated heterocycles. The molecule has 0 saturated carbocycles. The van der Waals surface area contributed by atoms with E-state index in [1.54, 1.807) is 30.3 Å². The van der Waals surface area contributed by atoms with Crippen LogP contribution in [0.1, 0.15) is 5.76 Å². The zero-order valence-electron chi connectivity index (χ0n) is 16.9. The molecular weight excluding hydrogens is 498 g/mol. The summed E-state index contributed by atoms with van der Waals surface area (Å²) < 4.78 is 11.6. The second kappa shape index (κ2) is 8.71. The molecule has 11 heteroatoms. The molecule has 33 heavy (non-hydrogen) atoms. The zero-order valence-corrected chi connectivity index (χ0v) is 18.5. The van der Waals surface area contributed by atoms with Gasteiger partial charge in [-0.2, -0.15) is 0 Å². The van der Waals surface area contributed by atoms with Gasteiger partial charge >= 0.3 is 6.03 Å². The first-order chi connectivity index (χ1) is 15.8. The number of ether oxygens (including phenoxy) is 1. The van der Waals surface area contributed by atoms with Crippen molar-refractivity contribution in [3.63, 3.8) is 0 Å². The van der Waals surface area contributed by atoms with Gasteiger partial charge in [0.15, 0.2) is 0 Å². The molecule has 2 aromatic carbocycles. The van der Waals surface area contributed by atoms with Crippen molar-refractivity contribution >= 4 is 51.2 Å². The SMILES string of the molecule is COc1cc([N+](=O)[O-])ccc1-c1ccc(/C=C2\C(=O)NC(=O)N(c3cccc(Br)c3)C2=O)o1. The second-order valence-electron chi connectivity index (χ2n) is 6.78. The monoisotopic (exact) mass is 511 g/mol. The number of hydrogen-bond donors (Lipinski definition) is 1. The Bertz CT molecular complexity index is 1350. The van der Waals surface area contributed by atoms with Crippen LogP contribution in [-0.2, 0) is 9.59 Å². The quantitative estimate of drug-likeness (QED) is 0.233. The van der Waals surface area contributed by atoms with E-state index >= 15 is 0 Å². The molecule has 0 atom stereocenters. The summed E-state index contributed by atoms with van der Waals surface area (Å²) in [7, 11) is 1.37. The number of nitro benzene ring substituents is 1. The minimum Gasteiger partial charge on any atom is -0.496 e. The molecule has 0 radical (unpaired) electrons. The molecule has 4 amide bonds. The number of carbonyl (C=O) groups is 3. The van der Waals surface area contributed by atoms with Crippen molar-refractivity contribution in [3.05, 3.63) is 80.5 Å². The Kier molecular flexibility index (Phi) is 5.80. The van der Waals surface area contributed by atoms with Crippen molar-refractivity contribution in [1.29, 1.82) is 0 Å². The van der Waals surface area contributed by atoms with Crippen molar-refractivity contribution in [1.82, 2.24) is 5.32 Å². The highest BCUT2D eigenvalue weighted by atomic mass is 79.9. The number of carbonyl (C=O) groups excluding carboxylic acids is 3. The summed E-state index contributed by atoms with van der Waals surface area (Å²) in [6, 6.07) is 12.8. The molecule has 1 aromatic heterocycles. The maximum absolute atomic E-state index is 13.0. The predicted octanol–water partition coefficient (Wildman–Crippen LogP) is 4.29. The van der Waals surface area contributed by atoms with Crippen molar-refractivity contribution in [2.24, 2.45) is 0 Å². The van der Waals surface area contributed by atoms with E-state index in [-0.39, 0.29) is 28.5 Å². The van der Waals surface area contributed by atoms with Gasteiger partial charge in [0, 0.05) is 10.5 Å².